The first-order valence-corrected chi connectivity index (χ1v) is 10.4. The van der Waals surface area contributed by atoms with E-state index in [-0.39, 0.29) is 30.0 Å². The van der Waals surface area contributed by atoms with Gasteiger partial charge in [-0.15, -0.1) is 0 Å². The second kappa shape index (κ2) is 7.96. The molecule has 0 saturated carbocycles. The highest BCUT2D eigenvalue weighted by Crippen LogP contribution is 2.39. The summed E-state index contributed by atoms with van der Waals surface area (Å²) in [7, 11) is 1.48. The number of anilines is 1. The second-order valence-corrected chi connectivity index (χ2v) is 8.13. The third kappa shape index (κ3) is 3.32. The van der Waals surface area contributed by atoms with Gasteiger partial charge in [0.25, 0.3) is 5.91 Å². The number of nitrogens with zero attached hydrogens (tertiary/aromatic N) is 3. The molecule has 2 N–H and O–H groups in total. The molecule has 5 rings (SSSR count). The minimum Gasteiger partial charge on any atom is -0.496 e. The van der Waals surface area contributed by atoms with Gasteiger partial charge in [-0.05, 0) is 42.8 Å². The Morgan fingerprint density at radius 3 is 2.84 bits per heavy atom. The summed E-state index contributed by atoms with van der Waals surface area (Å²) < 4.78 is 25.6. The minimum atomic E-state index is -0.456. The number of aryl methyl sites for hydroxylation is 1. The molecule has 1 saturated heterocycles. The summed E-state index contributed by atoms with van der Waals surface area (Å²) in [5.41, 5.74) is 9.73. The number of fused-ring (bicyclic) bond motifs is 1. The Hall–Kier alpha value is -3.36. The quantitative estimate of drug-likeness (QED) is 0.678. The zero-order valence-corrected chi connectivity index (χ0v) is 17.8. The molecule has 3 aromatic rings. The van der Waals surface area contributed by atoms with Crippen molar-refractivity contribution >= 4 is 11.7 Å². The number of hydrogen-bond donors (Lipinski definition) is 1. The summed E-state index contributed by atoms with van der Waals surface area (Å²) in [6.45, 7) is 3.19. The van der Waals surface area contributed by atoms with Crippen molar-refractivity contribution in [1.29, 1.82) is 0 Å². The first-order valence-electron chi connectivity index (χ1n) is 10.4. The number of hydrogen-bond acceptors (Lipinski definition) is 6. The molecule has 1 fully saturated rings. The van der Waals surface area contributed by atoms with E-state index in [2.05, 4.69) is 4.98 Å². The molecule has 1 amide bonds. The number of carbonyl (C=O) groups is 1. The SMILES string of the molecule is COc1cccc(F)c1-c1nccc2c1CN(c1cc(C)cc([C@@H]3COC[C@H]3N)n1)C2=O. The molecule has 0 unspecified atom stereocenters. The smallest absolute Gasteiger partial charge is 0.260 e. The van der Waals surface area contributed by atoms with Crippen LogP contribution in [0.15, 0.2) is 42.6 Å². The fourth-order valence-corrected chi connectivity index (χ4v) is 4.41. The van der Waals surface area contributed by atoms with Crippen LogP contribution < -0.4 is 15.4 Å². The van der Waals surface area contributed by atoms with Gasteiger partial charge >= 0.3 is 0 Å². The molecule has 2 aliphatic rings. The van der Waals surface area contributed by atoms with Crippen molar-refractivity contribution in [3.05, 3.63) is 70.8 Å². The van der Waals surface area contributed by atoms with Crippen molar-refractivity contribution in [2.45, 2.75) is 25.4 Å². The number of rotatable bonds is 4. The number of pyridine rings is 2. The van der Waals surface area contributed by atoms with E-state index in [0.717, 1.165) is 11.3 Å². The van der Waals surface area contributed by atoms with Crippen LogP contribution in [-0.4, -0.2) is 42.2 Å². The molecular formula is C24H23FN4O3. The lowest BCUT2D eigenvalue weighted by atomic mass is 9.99. The predicted molar refractivity (Wildman–Crippen MR) is 117 cm³/mol. The fraction of sp³-hybridized carbons (Fsp3) is 0.292. The molecule has 0 bridgehead atoms. The zero-order chi connectivity index (χ0) is 22.4. The molecule has 0 radical (unpaired) electrons. The van der Waals surface area contributed by atoms with Crippen molar-refractivity contribution in [1.82, 2.24) is 9.97 Å². The largest absolute Gasteiger partial charge is 0.496 e. The van der Waals surface area contributed by atoms with E-state index >= 15 is 0 Å². The van der Waals surface area contributed by atoms with Crippen LogP contribution in [0.25, 0.3) is 11.3 Å². The Kier molecular flexibility index (Phi) is 5.11. The second-order valence-electron chi connectivity index (χ2n) is 8.13. The molecule has 7 nitrogen and oxygen atoms in total. The van der Waals surface area contributed by atoms with E-state index in [9.17, 15) is 9.18 Å². The molecule has 2 aliphatic heterocycles. The van der Waals surface area contributed by atoms with Crippen LogP contribution >= 0.6 is 0 Å². The van der Waals surface area contributed by atoms with Crippen LogP contribution in [0.1, 0.15) is 33.1 Å². The van der Waals surface area contributed by atoms with Gasteiger partial charge in [0.15, 0.2) is 0 Å². The summed E-state index contributed by atoms with van der Waals surface area (Å²) in [6.07, 6.45) is 1.52. The number of amides is 1. The Morgan fingerprint density at radius 2 is 2.09 bits per heavy atom. The topological polar surface area (TPSA) is 90.6 Å². The summed E-state index contributed by atoms with van der Waals surface area (Å²) in [5, 5.41) is 0. The highest BCUT2D eigenvalue weighted by atomic mass is 19.1. The predicted octanol–water partition coefficient (Wildman–Crippen LogP) is 3.20. The van der Waals surface area contributed by atoms with E-state index in [1.807, 2.05) is 19.1 Å². The maximum Gasteiger partial charge on any atom is 0.260 e. The highest BCUT2D eigenvalue weighted by Gasteiger charge is 2.35. The molecule has 1 aromatic carbocycles. The molecule has 4 heterocycles. The van der Waals surface area contributed by atoms with E-state index in [1.165, 1.54) is 19.4 Å². The van der Waals surface area contributed by atoms with Gasteiger partial charge in [0.2, 0.25) is 0 Å². The average Bonchev–Trinajstić information content (AvgIpc) is 3.36. The van der Waals surface area contributed by atoms with Crippen LogP contribution in [0.5, 0.6) is 5.75 Å². The summed E-state index contributed by atoms with van der Waals surface area (Å²) in [6, 6.07) is 9.98. The van der Waals surface area contributed by atoms with E-state index in [0.29, 0.717) is 41.6 Å². The zero-order valence-electron chi connectivity index (χ0n) is 17.8. The molecule has 8 heteroatoms. The summed E-state index contributed by atoms with van der Waals surface area (Å²) >= 11 is 0. The van der Waals surface area contributed by atoms with Crippen LogP contribution in [0, 0.1) is 12.7 Å². The van der Waals surface area contributed by atoms with E-state index < -0.39 is 5.82 Å². The van der Waals surface area contributed by atoms with Gasteiger partial charge in [-0.1, -0.05) is 6.07 Å². The number of halogens is 1. The van der Waals surface area contributed by atoms with Crippen LogP contribution in [0.3, 0.4) is 0 Å². The monoisotopic (exact) mass is 434 g/mol. The van der Waals surface area contributed by atoms with Crippen molar-refractivity contribution in [3.63, 3.8) is 0 Å². The lowest BCUT2D eigenvalue weighted by Gasteiger charge is -2.19. The van der Waals surface area contributed by atoms with E-state index in [4.69, 9.17) is 20.2 Å². The third-order valence-corrected chi connectivity index (χ3v) is 6.04. The van der Waals surface area contributed by atoms with Crippen molar-refractivity contribution in [3.8, 4) is 17.0 Å². The third-order valence-electron chi connectivity index (χ3n) is 6.04. The molecular weight excluding hydrogens is 411 g/mol. The van der Waals surface area contributed by atoms with Gasteiger partial charge in [-0.2, -0.15) is 0 Å². The Bertz CT molecular complexity index is 1220. The van der Waals surface area contributed by atoms with Crippen molar-refractivity contribution in [2.24, 2.45) is 5.73 Å². The number of ether oxygens (including phenoxy) is 2. The number of aromatic nitrogens is 2. The molecule has 164 valence electrons. The van der Waals surface area contributed by atoms with E-state index in [1.54, 1.807) is 23.1 Å². The van der Waals surface area contributed by atoms with Gasteiger partial charge in [0.1, 0.15) is 17.4 Å². The van der Waals surface area contributed by atoms with Gasteiger partial charge < -0.3 is 15.2 Å². The molecule has 2 atom stereocenters. The minimum absolute atomic E-state index is 0.0198. The normalized spacial score (nSPS) is 20.0. The highest BCUT2D eigenvalue weighted by molar-refractivity contribution is 6.10. The molecule has 0 spiro atoms. The molecule has 2 aromatic heterocycles. The van der Waals surface area contributed by atoms with Gasteiger partial charge in [0.05, 0.1) is 43.8 Å². The fourth-order valence-electron chi connectivity index (χ4n) is 4.41. The summed E-state index contributed by atoms with van der Waals surface area (Å²) in [5.74, 6) is 0.223. The number of carbonyl (C=O) groups excluding carboxylic acids is 1. The van der Waals surface area contributed by atoms with Crippen LogP contribution in [0.4, 0.5) is 10.2 Å². The van der Waals surface area contributed by atoms with Crippen LogP contribution in [-0.2, 0) is 11.3 Å². The maximum atomic E-state index is 14.8. The Labute approximate surface area is 185 Å². The van der Waals surface area contributed by atoms with Gasteiger partial charge in [0, 0.05) is 29.3 Å². The average molecular weight is 434 g/mol. The lowest BCUT2D eigenvalue weighted by Crippen LogP contribution is -2.29. The Morgan fingerprint density at radius 1 is 1.25 bits per heavy atom. The van der Waals surface area contributed by atoms with Crippen molar-refractivity contribution < 1.29 is 18.7 Å². The van der Waals surface area contributed by atoms with Gasteiger partial charge in [-0.3, -0.25) is 14.7 Å². The number of methoxy groups -OCH3 is 1. The maximum absolute atomic E-state index is 14.8. The summed E-state index contributed by atoms with van der Waals surface area (Å²) in [4.78, 5) is 24.1. The standard InChI is InChI=1S/C24H23FN4O3/c1-13-8-19(16-11-32-12-18(16)26)28-21(9-13)29-10-15-14(24(29)30)6-7-27-23(15)22-17(25)4-3-5-20(22)31-2/h3-9,16,18H,10-12,26H2,1-2H3/t16-,18-/m1/s1. The number of benzene rings is 1. The number of nitrogens with two attached hydrogens (primary N) is 1. The Balaban J connectivity index is 1.57. The van der Waals surface area contributed by atoms with Crippen LogP contribution in [0.2, 0.25) is 0 Å². The van der Waals surface area contributed by atoms with Gasteiger partial charge in [-0.25, -0.2) is 9.37 Å². The molecule has 32 heavy (non-hydrogen) atoms. The first kappa shape index (κ1) is 20.5. The lowest BCUT2D eigenvalue weighted by molar-refractivity contribution is 0.0996. The van der Waals surface area contributed by atoms with Crippen molar-refractivity contribution in [2.75, 3.05) is 25.2 Å². The first-order chi connectivity index (χ1) is 15.5. The molecule has 0 aliphatic carbocycles.